The molecule has 1 aromatic heterocycles. The number of hydrogen-bond donors (Lipinski definition) is 2. The summed E-state index contributed by atoms with van der Waals surface area (Å²) >= 11 is 1.40. The summed E-state index contributed by atoms with van der Waals surface area (Å²) < 4.78 is 0. The molecule has 2 rings (SSSR count). The molecule has 5 nitrogen and oxygen atoms in total. The number of aryl methyl sites for hydroxylation is 2. The third-order valence-electron chi connectivity index (χ3n) is 3.38. The van der Waals surface area contributed by atoms with Crippen molar-refractivity contribution >= 4 is 23.2 Å². The molecule has 1 fully saturated rings. The zero-order chi connectivity index (χ0) is 14.2. The molecule has 1 aromatic rings. The fourth-order valence-electron chi connectivity index (χ4n) is 2.39. The second-order valence-electron chi connectivity index (χ2n) is 4.77. The van der Waals surface area contributed by atoms with E-state index in [4.69, 9.17) is 5.11 Å². The zero-order valence-electron chi connectivity index (χ0n) is 10.9. The van der Waals surface area contributed by atoms with Gasteiger partial charge in [-0.25, -0.2) is 4.79 Å². The van der Waals surface area contributed by atoms with Crippen molar-refractivity contribution in [1.82, 2.24) is 4.90 Å². The molecule has 1 aliphatic rings. The third-order valence-corrected chi connectivity index (χ3v) is 4.75. The Morgan fingerprint density at radius 1 is 1.53 bits per heavy atom. The average Bonchev–Trinajstić information content (AvgIpc) is 2.91. The number of nitrogens with zero attached hydrogens (tertiary/aromatic N) is 1. The number of aliphatic hydroxyl groups excluding tert-OH is 1. The van der Waals surface area contributed by atoms with Gasteiger partial charge >= 0.3 is 5.97 Å². The fraction of sp³-hybridized carbons (Fsp3) is 0.538. The zero-order valence-corrected chi connectivity index (χ0v) is 11.7. The fourth-order valence-corrected chi connectivity index (χ4v) is 3.46. The molecule has 0 aliphatic carbocycles. The summed E-state index contributed by atoms with van der Waals surface area (Å²) in [6, 6.07) is 0.880. The Balaban J connectivity index is 2.25. The van der Waals surface area contributed by atoms with Crippen molar-refractivity contribution < 1.29 is 19.8 Å². The van der Waals surface area contributed by atoms with Crippen LogP contribution in [-0.4, -0.2) is 45.7 Å². The van der Waals surface area contributed by atoms with Gasteiger partial charge in [0.25, 0.3) is 5.91 Å². The van der Waals surface area contributed by atoms with Gasteiger partial charge in [-0.1, -0.05) is 6.92 Å². The van der Waals surface area contributed by atoms with Crippen molar-refractivity contribution in [3.8, 4) is 0 Å². The summed E-state index contributed by atoms with van der Waals surface area (Å²) in [5.41, 5.74) is 1.06. The van der Waals surface area contributed by atoms with E-state index in [-0.39, 0.29) is 18.9 Å². The van der Waals surface area contributed by atoms with Gasteiger partial charge in [-0.3, -0.25) is 4.79 Å². The van der Waals surface area contributed by atoms with Gasteiger partial charge in [-0.2, -0.15) is 0 Å². The van der Waals surface area contributed by atoms with Gasteiger partial charge in [0.2, 0.25) is 0 Å². The molecular weight excluding hydrogens is 266 g/mol. The standard InChI is InChI=1S/C13H17NO4S/c1-3-10-7(2)4-11(19-10)12(16)14-6-8(15)5-9(14)13(17)18/h4,8-9,15H,3,5-6H2,1-2H3,(H,17,18). The van der Waals surface area contributed by atoms with Crippen LogP contribution in [0.15, 0.2) is 6.07 Å². The van der Waals surface area contributed by atoms with Gasteiger partial charge in [0.05, 0.1) is 11.0 Å². The van der Waals surface area contributed by atoms with Crippen molar-refractivity contribution in [2.45, 2.75) is 38.8 Å². The minimum atomic E-state index is -1.06. The van der Waals surface area contributed by atoms with Crippen molar-refractivity contribution in [2.24, 2.45) is 0 Å². The lowest BCUT2D eigenvalue weighted by atomic mass is 10.2. The molecule has 0 saturated carbocycles. The van der Waals surface area contributed by atoms with Crippen LogP contribution in [0.1, 0.15) is 33.5 Å². The molecule has 0 aromatic carbocycles. The van der Waals surface area contributed by atoms with E-state index in [9.17, 15) is 14.7 Å². The quantitative estimate of drug-likeness (QED) is 0.876. The Morgan fingerprint density at radius 3 is 2.74 bits per heavy atom. The Hall–Kier alpha value is -1.40. The first kappa shape index (κ1) is 14.0. The largest absolute Gasteiger partial charge is 0.480 e. The summed E-state index contributed by atoms with van der Waals surface area (Å²) in [6.07, 6.45) is 0.206. The Kier molecular flexibility index (Phi) is 3.91. The molecular formula is C13H17NO4S. The Morgan fingerprint density at radius 2 is 2.21 bits per heavy atom. The molecule has 104 valence electrons. The van der Waals surface area contributed by atoms with E-state index in [1.165, 1.54) is 16.2 Å². The number of hydrogen-bond acceptors (Lipinski definition) is 4. The molecule has 19 heavy (non-hydrogen) atoms. The Bertz CT molecular complexity index is 511. The van der Waals surface area contributed by atoms with Gasteiger partial charge in [0.1, 0.15) is 6.04 Å². The van der Waals surface area contributed by atoms with Crippen molar-refractivity contribution in [2.75, 3.05) is 6.54 Å². The third kappa shape index (κ3) is 2.64. The molecule has 0 radical (unpaired) electrons. The minimum Gasteiger partial charge on any atom is -0.480 e. The number of β-amino-alcohol motifs (C(OH)–C–C–N with tert-alkyl or cyclic N) is 1. The number of aliphatic hydroxyl groups is 1. The normalized spacial score (nSPS) is 22.8. The Labute approximate surface area is 115 Å². The molecule has 0 bridgehead atoms. The highest BCUT2D eigenvalue weighted by Gasteiger charge is 2.39. The van der Waals surface area contributed by atoms with Crippen molar-refractivity contribution in [3.05, 3.63) is 21.4 Å². The van der Waals surface area contributed by atoms with E-state index in [1.54, 1.807) is 6.07 Å². The maximum absolute atomic E-state index is 12.4. The summed E-state index contributed by atoms with van der Waals surface area (Å²) in [4.78, 5) is 26.4. The molecule has 0 spiro atoms. The van der Waals surface area contributed by atoms with Crippen molar-refractivity contribution in [3.63, 3.8) is 0 Å². The van der Waals surface area contributed by atoms with Crippen molar-refractivity contribution in [1.29, 1.82) is 0 Å². The number of carboxylic acids is 1. The number of rotatable bonds is 3. The van der Waals surface area contributed by atoms with Crippen LogP contribution in [0.5, 0.6) is 0 Å². The number of amides is 1. The molecule has 2 unspecified atom stereocenters. The van der Waals surface area contributed by atoms with Crippen LogP contribution in [0, 0.1) is 6.92 Å². The molecule has 1 amide bonds. The first-order valence-corrected chi connectivity index (χ1v) is 7.06. The van der Waals surface area contributed by atoms with E-state index in [1.807, 2.05) is 13.8 Å². The lowest BCUT2D eigenvalue weighted by Gasteiger charge is -2.20. The highest BCUT2D eigenvalue weighted by Crippen LogP contribution is 2.27. The predicted octanol–water partition coefficient (Wildman–Crippen LogP) is 1.28. The second-order valence-corrected chi connectivity index (χ2v) is 5.91. The number of carbonyl (C=O) groups is 2. The van der Waals surface area contributed by atoms with Crippen LogP contribution >= 0.6 is 11.3 Å². The first-order chi connectivity index (χ1) is 8.93. The molecule has 2 atom stereocenters. The summed E-state index contributed by atoms with van der Waals surface area (Å²) in [6.45, 7) is 4.06. The van der Waals surface area contributed by atoms with Gasteiger partial charge in [0.15, 0.2) is 0 Å². The first-order valence-electron chi connectivity index (χ1n) is 6.25. The van der Waals surface area contributed by atoms with E-state index in [0.29, 0.717) is 4.88 Å². The molecule has 1 saturated heterocycles. The van der Waals surface area contributed by atoms with Crippen LogP contribution in [0.2, 0.25) is 0 Å². The maximum Gasteiger partial charge on any atom is 0.326 e. The van der Waals surface area contributed by atoms with Crippen LogP contribution in [0.3, 0.4) is 0 Å². The molecule has 1 aliphatic heterocycles. The summed E-state index contributed by atoms with van der Waals surface area (Å²) in [7, 11) is 0. The lowest BCUT2D eigenvalue weighted by Crippen LogP contribution is -2.40. The van der Waals surface area contributed by atoms with E-state index < -0.39 is 18.1 Å². The average molecular weight is 283 g/mol. The highest BCUT2D eigenvalue weighted by atomic mass is 32.1. The highest BCUT2D eigenvalue weighted by molar-refractivity contribution is 7.14. The second kappa shape index (κ2) is 5.30. The predicted molar refractivity (Wildman–Crippen MR) is 71.5 cm³/mol. The van der Waals surface area contributed by atoms with Gasteiger partial charge < -0.3 is 15.1 Å². The number of carboxylic acid groups (broad SMARTS) is 1. The van der Waals surface area contributed by atoms with Gasteiger partial charge in [0, 0.05) is 17.8 Å². The maximum atomic E-state index is 12.4. The minimum absolute atomic E-state index is 0.0915. The number of aliphatic carboxylic acids is 1. The number of likely N-dealkylation sites (tertiary alicyclic amines) is 1. The summed E-state index contributed by atoms with van der Waals surface area (Å²) in [5, 5.41) is 18.7. The monoisotopic (exact) mass is 283 g/mol. The van der Waals surface area contributed by atoms with Gasteiger partial charge in [-0.15, -0.1) is 11.3 Å². The lowest BCUT2D eigenvalue weighted by molar-refractivity contribution is -0.141. The van der Waals surface area contributed by atoms with E-state index >= 15 is 0 Å². The smallest absolute Gasteiger partial charge is 0.326 e. The topological polar surface area (TPSA) is 77.8 Å². The molecule has 2 heterocycles. The number of thiophene rings is 1. The number of carbonyl (C=O) groups excluding carboxylic acids is 1. The van der Waals surface area contributed by atoms with Gasteiger partial charge in [-0.05, 0) is 25.0 Å². The van der Waals surface area contributed by atoms with E-state index in [0.717, 1.165) is 16.9 Å². The SMILES string of the molecule is CCc1sc(C(=O)N2CC(O)CC2C(=O)O)cc1C. The van der Waals surface area contributed by atoms with Crippen LogP contribution in [0.25, 0.3) is 0 Å². The molecule has 2 N–H and O–H groups in total. The van der Waals surface area contributed by atoms with E-state index in [2.05, 4.69) is 0 Å². The van der Waals surface area contributed by atoms with Crippen LogP contribution < -0.4 is 0 Å². The van der Waals surface area contributed by atoms with Crippen LogP contribution in [0.4, 0.5) is 0 Å². The summed E-state index contributed by atoms with van der Waals surface area (Å²) in [5.74, 6) is -1.36. The molecule has 6 heteroatoms. The van der Waals surface area contributed by atoms with Crippen LogP contribution in [-0.2, 0) is 11.2 Å².